The Bertz CT molecular complexity index is 2400. The summed E-state index contributed by atoms with van der Waals surface area (Å²) in [4.78, 5) is 5.16. The van der Waals surface area contributed by atoms with Crippen LogP contribution < -0.4 is 0 Å². The van der Waals surface area contributed by atoms with Crippen LogP contribution in [0.4, 0.5) is 0 Å². The quantitative estimate of drug-likeness (QED) is 0.230. The fourth-order valence-electron chi connectivity index (χ4n) is 6.14. The number of phenols is 1. The number of pyridine rings is 1. The summed E-state index contributed by atoms with van der Waals surface area (Å²) in [6, 6.07) is 41.3. The Labute approximate surface area is 255 Å². The second-order valence-electron chi connectivity index (χ2n) is 12.4. The van der Waals surface area contributed by atoms with Crippen LogP contribution in [0, 0.1) is 0 Å². The van der Waals surface area contributed by atoms with Crippen molar-refractivity contribution in [1.29, 1.82) is 0 Å². The third kappa shape index (κ3) is 4.28. The van der Waals surface area contributed by atoms with Gasteiger partial charge in [-0.15, -0.1) is 10.2 Å². The van der Waals surface area contributed by atoms with Crippen molar-refractivity contribution in [2.75, 3.05) is 0 Å². The van der Waals surface area contributed by atoms with Gasteiger partial charge in [-0.3, -0.25) is 4.57 Å². The zero-order chi connectivity index (χ0) is 30.0. The Morgan fingerprint density at radius 1 is 0.591 bits per heavy atom. The second-order valence-corrected chi connectivity index (χ2v) is 12.4. The van der Waals surface area contributed by atoms with Crippen molar-refractivity contribution in [3.63, 3.8) is 0 Å². The third-order valence-electron chi connectivity index (χ3n) is 8.51. The van der Waals surface area contributed by atoms with Gasteiger partial charge in [0.2, 0.25) is 0 Å². The maximum Gasteiger partial charge on any atom is 0.160 e. The van der Waals surface area contributed by atoms with E-state index in [1.807, 2.05) is 48.5 Å². The van der Waals surface area contributed by atoms with Crippen LogP contribution in [0.3, 0.4) is 0 Å². The van der Waals surface area contributed by atoms with Gasteiger partial charge in [0.05, 0.1) is 27.9 Å². The highest BCUT2D eigenvalue weighted by Gasteiger charge is 2.20. The summed E-state index contributed by atoms with van der Waals surface area (Å²) >= 11 is 0. The maximum atomic E-state index is 11.1. The molecule has 0 fully saturated rings. The van der Waals surface area contributed by atoms with Crippen LogP contribution in [0.25, 0.3) is 71.8 Å². The highest BCUT2D eigenvalue weighted by molar-refractivity contribution is 6.10. The molecule has 0 unspecified atom stereocenters. The van der Waals surface area contributed by atoms with Crippen molar-refractivity contribution in [2.45, 2.75) is 26.2 Å². The van der Waals surface area contributed by atoms with Crippen LogP contribution in [0.2, 0.25) is 0 Å². The van der Waals surface area contributed by atoms with Gasteiger partial charge in [-0.05, 0) is 70.3 Å². The van der Waals surface area contributed by atoms with Gasteiger partial charge in [0.25, 0.3) is 0 Å². The van der Waals surface area contributed by atoms with E-state index in [9.17, 15) is 5.11 Å². The van der Waals surface area contributed by atoms with E-state index in [2.05, 4.69) is 108 Å². The van der Waals surface area contributed by atoms with E-state index in [0.717, 1.165) is 77.4 Å². The monoisotopic (exact) mass is 570 g/mol. The number of fused-ring (bicyclic) bond motifs is 5. The minimum atomic E-state index is -0.126. The molecule has 0 saturated carbocycles. The van der Waals surface area contributed by atoms with Crippen LogP contribution in [0.1, 0.15) is 26.3 Å². The summed E-state index contributed by atoms with van der Waals surface area (Å²) in [5.74, 6) is 0.990. The zero-order valence-corrected chi connectivity index (χ0v) is 24.8. The number of hydrogen-bond acceptors (Lipinski definition) is 4. The van der Waals surface area contributed by atoms with E-state index in [-0.39, 0.29) is 11.2 Å². The lowest BCUT2D eigenvalue weighted by atomic mass is 9.85. The Morgan fingerprint density at radius 3 is 2.09 bits per heavy atom. The molecule has 0 radical (unpaired) electrons. The molecule has 0 bridgehead atoms. The van der Waals surface area contributed by atoms with E-state index in [1.165, 1.54) is 0 Å². The molecule has 5 nitrogen and oxygen atoms in total. The Morgan fingerprint density at radius 2 is 1.27 bits per heavy atom. The number of phenolic OH excluding ortho intramolecular Hbond substituents is 1. The van der Waals surface area contributed by atoms with E-state index < -0.39 is 0 Å². The molecule has 8 aromatic rings. The van der Waals surface area contributed by atoms with E-state index in [1.54, 1.807) is 0 Å². The molecule has 0 spiro atoms. The van der Waals surface area contributed by atoms with E-state index >= 15 is 0 Å². The molecule has 0 amide bonds. The number of hydrogen-bond donors (Lipinski definition) is 1. The van der Waals surface area contributed by atoms with E-state index in [4.69, 9.17) is 4.98 Å². The van der Waals surface area contributed by atoms with Gasteiger partial charge in [-0.1, -0.05) is 93.6 Å². The number of nitrogens with zero attached hydrogens (tertiary/aromatic N) is 4. The molecular weight excluding hydrogens is 540 g/mol. The molecule has 3 heterocycles. The summed E-state index contributed by atoms with van der Waals surface area (Å²) < 4.78 is 2.19. The fourth-order valence-corrected chi connectivity index (χ4v) is 6.14. The summed E-state index contributed by atoms with van der Waals surface area (Å²) in [5.41, 5.74) is 7.30. The average molecular weight is 571 g/mol. The first-order valence-electron chi connectivity index (χ1n) is 14.8. The van der Waals surface area contributed by atoms with Gasteiger partial charge in [0, 0.05) is 27.3 Å². The van der Waals surface area contributed by atoms with Crippen molar-refractivity contribution >= 4 is 43.5 Å². The highest BCUT2D eigenvalue weighted by Crippen LogP contribution is 2.38. The first-order chi connectivity index (χ1) is 21.3. The van der Waals surface area contributed by atoms with Gasteiger partial charge in [0.1, 0.15) is 5.75 Å². The standard InChI is InChI=1S/C39H30N4O/c1-39(2,3)28-22-33(40-34(23-28)31-18-24-10-4-5-11-25(24)20-37(31)44)27-16-17-30-29-13-7-9-15-35(29)43(36(30)19-27)38-21-26-12-6-8-14-32(26)41-42-38/h4-23,44H,1-3H3. The molecule has 212 valence electrons. The van der Waals surface area contributed by atoms with Crippen molar-refractivity contribution in [1.82, 2.24) is 19.7 Å². The molecule has 3 aromatic heterocycles. The van der Waals surface area contributed by atoms with Gasteiger partial charge in [-0.25, -0.2) is 4.98 Å². The van der Waals surface area contributed by atoms with Crippen LogP contribution in [-0.2, 0) is 5.41 Å². The largest absolute Gasteiger partial charge is 0.507 e. The van der Waals surface area contributed by atoms with Gasteiger partial charge < -0.3 is 5.11 Å². The van der Waals surface area contributed by atoms with Crippen LogP contribution >= 0.6 is 0 Å². The first-order valence-corrected chi connectivity index (χ1v) is 14.8. The van der Waals surface area contributed by atoms with Gasteiger partial charge in [-0.2, -0.15) is 0 Å². The minimum Gasteiger partial charge on any atom is -0.507 e. The van der Waals surface area contributed by atoms with Gasteiger partial charge in [0.15, 0.2) is 5.82 Å². The number of benzene rings is 5. The van der Waals surface area contributed by atoms with Crippen LogP contribution in [0.5, 0.6) is 5.75 Å². The number of para-hydroxylation sites is 1. The number of aromatic hydroxyl groups is 1. The normalized spacial score (nSPS) is 12.1. The predicted octanol–water partition coefficient (Wildman–Crippen LogP) is 9.61. The SMILES string of the molecule is CC(C)(C)c1cc(-c2ccc3c4ccccc4n(-c4cc5ccccc5nn4)c3c2)nc(-c2cc3ccccc3cc2O)c1. The maximum absolute atomic E-state index is 11.1. The lowest BCUT2D eigenvalue weighted by molar-refractivity contribution is 0.478. The van der Waals surface area contributed by atoms with Crippen molar-refractivity contribution in [3.8, 4) is 34.1 Å². The molecular formula is C39H30N4O. The Balaban J connectivity index is 1.37. The molecule has 0 aliphatic rings. The Kier molecular flexibility index (Phi) is 5.78. The molecule has 8 rings (SSSR count). The molecule has 0 saturated heterocycles. The highest BCUT2D eigenvalue weighted by atomic mass is 16.3. The van der Waals surface area contributed by atoms with Crippen LogP contribution in [0.15, 0.2) is 121 Å². The lowest BCUT2D eigenvalue weighted by Gasteiger charge is -2.21. The first kappa shape index (κ1) is 26.1. The second kappa shape index (κ2) is 9.75. The van der Waals surface area contributed by atoms with E-state index in [0.29, 0.717) is 0 Å². The van der Waals surface area contributed by atoms with Crippen molar-refractivity contribution < 1.29 is 5.11 Å². The molecule has 5 heteroatoms. The lowest BCUT2D eigenvalue weighted by Crippen LogP contribution is -2.12. The molecule has 0 aliphatic carbocycles. The van der Waals surface area contributed by atoms with Crippen molar-refractivity contribution in [3.05, 3.63) is 127 Å². The average Bonchev–Trinajstić information content (AvgIpc) is 3.37. The molecule has 44 heavy (non-hydrogen) atoms. The van der Waals surface area contributed by atoms with Gasteiger partial charge >= 0.3 is 0 Å². The predicted molar refractivity (Wildman–Crippen MR) is 180 cm³/mol. The molecule has 0 atom stereocenters. The molecule has 5 aromatic carbocycles. The minimum absolute atomic E-state index is 0.126. The Hall–Kier alpha value is -5.55. The summed E-state index contributed by atoms with van der Waals surface area (Å²) in [6.07, 6.45) is 0. The fraction of sp³-hybridized carbons (Fsp3) is 0.103. The van der Waals surface area contributed by atoms with Crippen LogP contribution in [-0.4, -0.2) is 24.9 Å². The van der Waals surface area contributed by atoms with Crippen molar-refractivity contribution in [2.24, 2.45) is 0 Å². The topological polar surface area (TPSA) is 63.8 Å². The zero-order valence-electron chi connectivity index (χ0n) is 24.8. The smallest absolute Gasteiger partial charge is 0.160 e. The number of aromatic nitrogens is 4. The summed E-state index contributed by atoms with van der Waals surface area (Å²) in [7, 11) is 0. The summed E-state index contributed by atoms with van der Waals surface area (Å²) in [6.45, 7) is 6.61. The molecule has 0 aliphatic heterocycles. The third-order valence-corrected chi connectivity index (χ3v) is 8.51. The number of rotatable bonds is 3. The molecule has 1 N–H and O–H groups in total. The summed E-state index contributed by atoms with van der Waals surface area (Å²) in [5, 5.41) is 25.7.